The summed E-state index contributed by atoms with van der Waals surface area (Å²) >= 11 is 0. The second-order valence-electron chi connectivity index (χ2n) is 11.0. The Bertz CT molecular complexity index is 1410. The first-order valence-corrected chi connectivity index (χ1v) is 12.6. The van der Waals surface area contributed by atoms with Crippen molar-refractivity contribution >= 4 is 16.8 Å². The third-order valence-corrected chi connectivity index (χ3v) is 8.12. The van der Waals surface area contributed by atoms with Gasteiger partial charge in [0.25, 0.3) is 11.8 Å². The summed E-state index contributed by atoms with van der Waals surface area (Å²) in [6.45, 7) is 3.95. The minimum Gasteiger partial charge on any atom is -0.484 e. The van der Waals surface area contributed by atoms with E-state index in [9.17, 15) is 13.6 Å². The molecular formula is C26H27F2N5O4. The molecular weight excluding hydrogens is 484 g/mol. The number of aromatic nitrogens is 4. The smallest absolute Gasteiger partial charge is 0.282 e. The summed E-state index contributed by atoms with van der Waals surface area (Å²) < 4.78 is 46.3. The largest absolute Gasteiger partial charge is 0.484 e. The molecule has 9 nitrogen and oxygen atoms in total. The molecule has 1 amide bonds. The number of amides is 1. The first kappa shape index (κ1) is 23.0. The number of nitrogens with zero attached hydrogens (tertiary/aromatic N) is 5. The topological polar surface area (TPSA) is 91.6 Å². The summed E-state index contributed by atoms with van der Waals surface area (Å²) in [6.07, 6.45) is 4.38. The van der Waals surface area contributed by atoms with Crippen LogP contribution in [0.15, 0.2) is 30.6 Å². The Morgan fingerprint density at radius 1 is 1.27 bits per heavy atom. The lowest BCUT2D eigenvalue weighted by Gasteiger charge is -2.44. The van der Waals surface area contributed by atoms with Crippen molar-refractivity contribution < 1.29 is 27.8 Å². The van der Waals surface area contributed by atoms with Gasteiger partial charge in [-0.15, -0.1) is 5.10 Å². The Kier molecular flexibility index (Phi) is 4.76. The van der Waals surface area contributed by atoms with Crippen LogP contribution in [-0.4, -0.2) is 68.1 Å². The van der Waals surface area contributed by atoms with Gasteiger partial charge >= 0.3 is 0 Å². The lowest BCUT2D eigenvalue weighted by molar-refractivity contribution is -0.176. The molecule has 194 valence electrons. The van der Waals surface area contributed by atoms with Crippen molar-refractivity contribution in [2.45, 2.75) is 69.0 Å². The fourth-order valence-electron chi connectivity index (χ4n) is 6.36. The predicted molar refractivity (Wildman–Crippen MR) is 126 cm³/mol. The van der Waals surface area contributed by atoms with Gasteiger partial charge in [-0.3, -0.25) is 9.78 Å². The zero-order valence-electron chi connectivity index (χ0n) is 20.6. The van der Waals surface area contributed by atoms with Gasteiger partial charge in [0.2, 0.25) is 0 Å². The molecule has 2 bridgehead atoms. The maximum atomic E-state index is 13.4. The molecule has 4 fully saturated rings. The number of halogens is 2. The Morgan fingerprint density at radius 2 is 2.08 bits per heavy atom. The highest BCUT2D eigenvalue weighted by molar-refractivity contribution is 5.85. The maximum absolute atomic E-state index is 13.4. The number of benzene rings is 1. The predicted octanol–water partition coefficient (Wildman–Crippen LogP) is 3.16. The fourth-order valence-corrected chi connectivity index (χ4v) is 6.36. The summed E-state index contributed by atoms with van der Waals surface area (Å²) in [7, 11) is 0. The lowest BCUT2D eigenvalue weighted by atomic mass is 9.66. The molecule has 2 atom stereocenters. The van der Waals surface area contributed by atoms with Crippen molar-refractivity contribution in [2.24, 2.45) is 0 Å². The molecule has 8 rings (SSSR count). The Labute approximate surface area is 211 Å². The molecule has 37 heavy (non-hydrogen) atoms. The zero-order valence-corrected chi connectivity index (χ0v) is 20.6. The summed E-state index contributed by atoms with van der Waals surface area (Å²) in [6, 6.07) is 5.84. The van der Waals surface area contributed by atoms with Gasteiger partial charge < -0.3 is 19.1 Å². The van der Waals surface area contributed by atoms with Gasteiger partial charge in [-0.2, -0.15) is 0 Å². The number of alkyl halides is 2. The summed E-state index contributed by atoms with van der Waals surface area (Å²) in [5, 5.41) is 9.73. The zero-order chi connectivity index (χ0) is 25.6. The van der Waals surface area contributed by atoms with E-state index in [1.165, 1.54) is 10.5 Å². The molecule has 4 aliphatic heterocycles. The number of carbonyl (C=O) groups is 1. The third-order valence-electron chi connectivity index (χ3n) is 8.12. The van der Waals surface area contributed by atoms with Crippen LogP contribution in [-0.2, 0) is 32.8 Å². The number of fused-ring (bicyclic) bond motifs is 4. The van der Waals surface area contributed by atoms with E-state index in [0.717, 1.165) is 22.9 Å². The molecule has 0 N–H and O–H groups in total. The molecule has 1 aromatic carbocycles. The number of pyridine rings is 1. The van der Waals surface area contributed by atoms with Crippen molar-refractivity contribution in [3.05, 3.63) is 47.4 Å². The van der Waals surface area contributed by atoms with Crippen LogP contribution in [0.2, 0.25) is 0 Å². The van der Waals surface area contributed by atoms with Gasteiger partial charge in [0, 0.05) is 24.4 Å². The van der Waals surface area contributed by atoms with Crippen molar-refractivity contribution in [3.63, 3.8) is 0 Å². The number of likely N-dealkylation sites (tertiary alicyclic amines) is 1. The van der Waals surface area contributed by atoms with Gasteiger partial charge in [-0.1, -0.05) is 5.21 Å². The fraction of sp³-hybridized carbons (Fsp3) is 0.538. The highest BCUT2D eigenvalue weighted by atomic mass is 19.3. The number of rotatable bonds is 5. The van der Waals surface area contributed by atoms with E-state index in [1.807, 2.05) is 38.2 Å². The number of hydrogen-bond acceptors (Lipinski definition) is 7. The van der Waals surface area contributed by atoms with Crippen LogP contribution in [0.1, 0.15) is 49.6 Å². The summed E-state index contributed by atoms with van der Waals surface area (Å²) in [5.41, 5.74) is 2.67. The van der Waals surface area contributed by atoms with Crippen LogP contribution >= 0.6 is 0 Å². The number of ether oxygens (including phenoxy) is 3. The quantitative estimate of drug-likeness (QED) is 0.520. The van der Waals surface area contributed by atoms with Gasteiger partial charge in [0.15, 0.2) is 6.10 Å². The minimum absolute atomic E-state index is 0.407. The van der Waals surface area contributed by atoms with Crippen LogP contribution in [0.5, 0.6) is 5.75 Å². The van der Waals surface area contributed by atoms with Crippen molar-refractivity contribution in [3.8, 4) is 5.75 Å². The first-order chi connectivity index (χ1) is 17.6. The van der Waals surface area contributed by atoms with Crippen LogP contribution in [0, 0.1) is 0 Å². The van der Waals surface area contributed by atoms with Gasteiger partial charge in [0.05, 0.1) is 43.6 Å². The van der Waals surface area contributed by atoms with Gasteiger partial charge in [-0.25, -0.2) is 13.5 Å². The van der Waals surface area contributed by atoms with Crippen molar-refractivity contribution in [1.82, 2.24) is 24.9 Å². The lowest BCUT2D eigenvalue weighted by Crippen LogP contribution is -2.63. The normalized spacial score (nSPS) is 30.4. The Hall–Kier alpha value is -3.18. The molecule has 5 aliphatic rings. The highest BCUT2D eigenvalue weighted by Crippen LogP contribution is 2.60. The third kappa shape index (κ3) is 3.54. The van der Waals surface area contributed by atoms with E-state index in [0.29, 0.717) is 37.5 Å². The molecule has 1 unspecified atom stereocenters. The van der Waals surface area contributed by atoms with Gasteiger partial charge in [0.1, 0.15) is 23.1 Å². The second kappa shape index (κ2) is 7.67. The maximum Gasteiger partial charge on any atom is 0.282 e. The first-order valence-electron chi connectivity index (χ1n) is 12.6. The average Bonchev–Trinajstić information content (AvgIpc) is 3.53. The molecule has 3 aromatic rings. The molecule has 11 heteroatoms. The van der Waals surface area contributed by atoms with E-state index in [1.54, 1.807) is 10.9 Å². The minimum atomic E-state index is -2.83. The molecule has 0 spiro atoms. The highest BCUT2D eigenvalue weighted by Gasteiger charge is 2.71. The van der Waals surface area contributed by atoms with Crippen molar-refractivity contribution in [1.29, 1.82) is 0 Å². The standard InChI is InChI=1S/C26H27F2N5O4/c1-15(36-17-3-4-20-19(7-17)18-5-6-35-10-16(18)8-29-20)21-9-33(31-30-21)25-11-24(2,12-25)37-22(25)23(34)32-13-26(27,28)14-32/h3-4,7-9,15,22H,5-6,10-14H2,1-2H3/t15-,22?,24?,25?/m1/s1. The van der Waals surface area contributed by atoms with Crippen LogP contribution in [0.3, 0.4) is 0 Å². The Morgan fingerprint density at radius 3 is 2.86 bits per heavy atom. The summed E-state index contributed by atoms with van der Waals surface area (Å²) in [5.74, 6) is -2.54. The molecule has 2 aromatic heterocycles. The monoisotopic (exact) mass is 511 g/mol. The molecule has 3 saturated heterocycles. The number of hydrogen-bond donors (Lipinski definition) is 0. The van der Waals surface area contributed by atoms with Crippen molar-refractivity contribution in [2.75, 3.05) is 19.7 Å². The summed E-state index contributed by atoms with van der Waals surface area (Å²) in [4.78, 5) is 18.7. The van der Waals surface area contributed by atoms with E-state index in [-0.39, 0.29) is 0 Å². The van der Waals surface area contributed by atoms with Crippen LogP contribution in [0.4, 0.5) is 8.78 Å². The van der Waals surface area contributed by atoms with Crippen LogP contribution in [0.25, 0.3) is 10.9 Å². The molecule has 1 aliphatic carbocycles. The van der Waals surface area contributed by atoms with E-state index < -0.39 is 48.3 Å². The molecule has 0 radical (unpaired) electrons. The molecule has 1 saturated carbocycles. The average molecular weight is 512 g/mol. The van der Waals surface area contributed by atoms with Crippen LogP contribution < -0.4 is 4.74 Å². The SMILES string of the molecule is C[C@@H](Oc1ccc2ncc3c(c2c1)CCOC3)c1cn(C23CC(C)(C2)OC3C(=O)N2CC(F)(F)C2)nn1. The van der Waals surface area contributed by atoms with Gasteiger partial charge in [-0.05, 0) is 49.6 Å². The van der Waals surface area contributed by atoms with E-state index in [4.69, 9.17) is 14.2 Å². The van der Waals surface area contributed by atoms with E-state index >= 15 is 0 Å². The van der Waals surface area contributed by atoms with E-state index in [2.05, 4.69) is 15.3 Å². The second-order valence-corrected chi connectivity index (χ2v) is 11.0. The Balaban J connectivity index is 1.11. The number of carbonyl (C=O) groups excluding carboxylic acids is 1. The molecule has 6 heterocycles.